The lowest BCUT2D eigenvalue weighted by molar-refractivity contribution is 0.0254. The molecule has 0 radical (unpaired) electrons. The molecule has 1 fully saturated rings. The average molecular weight is 219 g/mol. The minimum absolute atomic E-state index is 0.357. The van der Waals surface area contributed by atoms with E-state index in [2.05, 4.69) is 24.3 Å². The van der Waals surface area contributed by atoms with Crippen molar-refractivity contribution in [1.82, 2.24) is 0 Å². The first-order chi connectivity index (χ1) is 7.84. The maximum atomic E-state index is 5.93. The van der Waals surface area contributed by atoms with Gasteiger partial charge in [-0.25, -0.2) is 0 Å². The second-order valence-corrected chi connectivity index (χ2v) is 4.66. The van der Waals surface area contributed by atoms with Gasteiger partial charge in [-0.2, -0.15) is 0 Å². The van der Waals surface area contributed by atoms with E-state index in [0.29, 0.717) is 12.1 Å². The van der Waals surface area contributed by atoms with E-state index in [1.165, 1.54) is 24.8 Å². The van der Waals surface area contributed by atoms with Crippen molar-refractivity contribution in [2.45, 2.75) is 44.2 Å². The Balaban J connectivity index is 1.68. The van der Waals surface area contributed by atoms with Crippen LogP contribution in [-0.4, -0.2) is 18.8 Å². The highest BCUT2D eigenvalue weighted by molar-refractivity contribution is 5.14. The molecule has 1 aliphatic rings. The molecule has 2 rings (SSSR count). The summed E-state index contributed by atoms with van der Waals surface area (Å²) in [4.78, 5) is 0. The molecule has 2 nitrogen and oxygen atoms in total. The molecule has 1 aromatic carbocycles. The summed E-state index contributed by atoms with van der Waals surface area (Å²) >= 11 is 0. The Hall–Kier alpha value is -0.860. The van der Waals surface area contributed by atoms with E-state index in [9.17, 15) is 0 Å². The van der Waals surface area contributed by atoms with Crippen LogP contribution < -0.4 is 5.73 Å². The highest BCUT2D eigenvalue weighted by atomic mass is 16.5. The summed E-state index contributed by atoms with van der Waals surface area (Å²) in [7, 11) is 0. The minimum Gasteiger partial charge on any atom is -0.378 e. The summed E-state index contributed by atoms with van der Waals surface area (Å²) in [5, 5.41) is 0. The largest absolute Gasteiger partial charge is 0.378 e. The first-order valence-electron chi connectivity index (χ1n) is 6.25. The second kappa shape index (κ2) is 6.02. The van der Waals surface area contributed by atoms with E-state index in [4.69, 9.17) is 10.5 Å². The minimum atomic E-state index is 0.357. The van der Waals surface area contributed by atoms with Gasteiger partial charge in [0.1, 0.15) is 0 Å². The van der Waals surface area contributed by atoms with Gasteiger partial charge >= 0.3 is 0 Å². The molecule has 0 spiro atoms. The fraction of sp³-hybridized carbons (Fsp3) is 0.571. The SMILES string of the molecule is NC1CCCC(OCCc2ccccc2)C1. The van der Waals surface area contributed by atoms with Crippen LogP contribution in [0.2, 0.25) is 0 Å². The third kappa shape index (κ3) is 3.62. The topological polar surface area (TPSA) is 35.2 Å². The molecule has 0 saturated heterocycles. The van der Waals surface area contributed by atoms with Crippen LogP contribution in [0.15, 0.2) is 30.3 Å². The molecule has 88 valence electrons. The average Bonchev–Trinajstić information content (AvgIpc) is 2.30. The van der Waals surface area contributed by atoms with Crippen LogP contribution in [0.3, 0.4) is 0 Å². The van der Waals surface area contributed by atoms with Gasteiger partial charge in [0.2, 0.25) is 0 Å². The lowest BCUT2D eigenvalue weighted by Gasteiger charge is -2.26. The van der Waals surface area contributed by atoms with Crippen molar-refractivity contribution in [2.24, 2.45) is 5.73 Å². The Morgan fingerprint density at radius 2 is 2.00 bits per heavy atom. The van der Waals surface area contributed by atoms with Gasteiger partial charge in [0.15, 0.2) is 0 Å². The monoisotopic (exact) mass is 219 g/mol. The van der Waals surface area contributed by atoms with Crippen LogP contribution >= 0.6 is 0 Å². The van der Waals surface area contributed by atoms with Crippen molar-refractivity contribution in [2.75, 3.05) is 6.61 Å². The van der Waals surface area contributed by atoms with E-state index < -0.39 is 0 Å². The van der Waals surface area contributed by atoms with Crippen LogP contribution in [0.4, 0.5) is 0 Å². The van der Waals surface area contributed by atoms with E-state index in [-0.39, 0.29) is 0 Å². The van der Waals surface area contributed by atoms with Crippen LogP contribution in [0.25, 0.3) is 0 Å². The summed E-state index contributed by atoms with van der Waals surface area (Å²) in [6.45, 7) is 0.821. The predicted octanol–water partition coefficient (Wildman–Crippen LogP) is 2.52. The van der Waals surface area contributed by atoms with Gasteiger partial charge in [-0.15, -0.1) is 0 Å². The molecule has 2 unspecified atom stereocenters. The fourth-order valence-corrected chi connectivity index (χ4v) is 2.32. The smallest absolute Gasteiger partial charge is 0.0590 e. The van der Waals surface area contributed by atoms with Crippen molar-refractivity contribution in [3.8, 4) is 0 Å². The summed E-state index contributed by atoms with van der Waals surface area (Å²) in [6.07, 6.45) is 6.01. The first-order valence-corrected chi connectivity index (χ1v) is 6.25. The number of benzene rings is 1. The van der Waals surface area contributed by atoms with Crippen molar-refractivity contribution in [1.29, 1.82) is 0 Å². The zero-order valence-corrected chi connectivity index (χ0v) is 9.77. The summed E-state index contributed by atoms with van der Waals surface area (Å²) in [5.41, 5.74) is 7.28. The Kier molecular flexibility index (Phi) is 4.37. The fourth-order valence-electron chi connectivity index (χ4n) is 2.32. The zero-order chi connectivity index (χ0) is 11.2. The quantitative estimate of drug-likeness (QED) is 0.844. The molecule has 1 aliphatic carbocycles. The third-order valence-electron chi connectivity index (χ3n) is 3.25. The standard InChI is InChI=1S/C14H21NO/c15-13-7-4-8-14(11-13)16-10-9-12-5-2-1-3-6-12/h1-3,5-6,13-14H,4,7-11,15H2. The molecule has 0 aromatic heterocycles. The molecule has 1 saturated carbocycles. The normalized spacial score (nSPS) is 25.6. The molecular weight excluding hydrogens is 198 g/mol. The van der Waals surface area contributed by atoms with Crippen molar-refractivity contribution < 1.29 is 4.74 Å². The Bertz CT molecular complexity index is 299. The van der Waals surface area contributed by atoms with Gasteiger partial charge in [0, 0.05) is 6.04 Å². The highest BCUT2D eigenvalue weighted by Gasteiger charge is 2.19. The first kappa shape index (κ1) is 11.6. The van der Waals surface area contributed by atoms with Gasteiger partial charge in [-0.05, 0) is 37.7 Å². The van der Waals surface area contributed by atoms with Gasteiger partial charge in [0.05, 0.1) is 12.7 Å². The van der Waals surface area contributed by atoms with Crippen LogP contribution in [0.5, 0.6) is 0 Å². The molecule has 16 heavy (non-hydrogen) atoms. The number of hydrogen-bond acceptors (Lipinski definition) is 2. The molecule has 0 bridgehead atoms. The molecule has 2 atom stereocenters. The summed E-state index contributed by atoms with van der Waals surface area (Å²) in [6, 6.07) is 10.9. The van der Waals surface area contributed by atoms with Crippen molar-refractivity contribution in [3.05, 3.63) is 35.9 Å². The maximum absolute atomic E-state index is 5.93. The van der Waals surface area contributed by atoms with Gasteiger partial charge in [-0.1, -0.05) is 30.3 Å². The number of ether oxygens (including phenoxy) is 1. The lowest BCUT2D eigenvalue weighted by Crippen LogP contribution is -2.32. The van der Waals surface area contributed by atoms with E-state index in [1.54, 1.807) is 0 Å². The van der Waals surface area contributed by atoms with Crippen molar-refractivity contribution >= 4 is 0 Å². The lowest BCUT2D eigenvalue weighted by atomic mass is 9.93. The Labute approximate surface area is 97.8 Å². The molecule has 0 amide bonds. The zero-order valence-electron chi connectivity index (χ0n) is 9.77. The van der Waals surface area contributed by atoms with E-state index in [1.807, 2.05) is 6.07 Å². The third-order valence-corrected chi connectivity index (χ3v) is 3.25. The van der Waals surface area contributed by atoms with E-state index >= 15 is 0 Å². The Morgan fingerprint density at radius 3 is 2.75 bits per heavy atom. The molecule has 1 aromatic rings. The molecular formula is C14H21NO. The summed E-state index contributed by atoms with van der Waals surface area (Å²) in [5.74, 6) is 0. The summed E-state index contributed by atoms with van der Waals surface area (Å²) < 4.78 is 5.88. The van der Waals surface area contributed by atoms with Gasteiger partial charge in [0.25, 0.3) is 0 Å². The molecule has 0 aliphatic heterocycles. The van der Waals surface area contributed by atoms with E-state index in [0.717, 1.165) is 19.4 Å². The van der Waals surface area contributed by atoms with Gasteiger partial charge < -0.3 is 10.5 Å². The molecule has 0 heterocycles. The van der Waals surface area contributed by atoms with Crippen LogP contribution in [0, 0.1) is 0 Å². The molecule has 2 N–H and O–H groups in total. The molecule has 2 heteroatoms. The van der Waals surface area contributed by atoms with Crippen LogP contribution in [0.1, 0.15) is 31.2 Å². The second-order valence-electron chi connectivity index (χ2n) is 4.66. The van der Waals surface area contributed by atoms with Crippen LogP contribution in [-0.2, 0) is 11.2 Å². The highest BCUT2D eigenvalue weighted by Crippen LogP contribution is 2.19. The van der Waals surface area contributed by atoms with Crippen molar-refractivity contribution in [3.63, 3.8) is 0 Å². The predicted molar refractivity (Wildman–Crippen MR) is 66.3 cm³/mol. The number of nitrogens with two attached hydrogens (primary N) is 1. The number of rotatable bonds is 4. The Morgan fingerprint density at radius 1 is 1.19 bits per heavy atom. The van der Waals surface area contributed by atoms with Gasteiger partial charge in [-0.3, -0.25) is 0 Å². The number of hydrogen-bond donors (Lipinski definition) is 1. The maximum Gasteiger partial charge on any atom is 0.0590 e.